The summed E-state index contributed by atoms with van der Waals surface area (Å²) in [6.45, 7) is 0. The van der Waals surface area contributed by atoms with Crippen molar-refractivity contribution in [1.82, 2.24) is 4.98 Å². The molecule has 2 rings (SSSR count). The number of fused-ring (bicyclic) bond motifs is 1. The first-order valence-electron chi connectivity index (χ1n) is 4.85. The van der Waals surface area contributed by atoms with E-state index in [1.165, 1.54) is 0 Å². The molecule has 0 fully saturated rings. The third-order valence-corrected chi connectivity index (χ3v) is 2.44. The van der Waals surface area contributed by atoms with Gasteiger partial charge in [0.1, 0.15) is 22.8 Å². The van der Waals surface area contributed by atoms with Crippen LogP contribution in [0.5, 0.6) is 17.2 Å². The number of pyridine rings is 1. The molecule has 16 heavy (non-hydrogen) atoms. The van der Waals surface area contributed by atoms with E-state index in [-0.39, 0.29) is 0 Å². The van der Waals surface area contributed by atoms with Crippen molar-refractivity contribution < 1.29 is 14.2 Å². The molecule has 0 aliphatic heterocycles. The number of aromatic nitrogens is 1. The van der Waals surface area contributed by atoms with Gasteiger partial charge in [0.25, 0.3) is 0 Å². The number of hydrogen-bond donors (Lipinski definition) is 0. The van der Waals surface area contributed by atoms with E-state index < -0.39 is 0 Å². The van der Waals surface area contributed by atoms with Crippen molar-refractivity contribution in [1.29, 1.82) is 0 Å². The highest BCUT2D eigenvalue weighted by Crippen LogP contribution is 2.37. The maximum Gasteiger partial charge on any atom is 0.145 e. The van der Waals surface area contributed by atoms with E-state index in [2.05, 4.69) is 4.98 Å². The highest BCUT2D eigenvalue weighted by molar-refractivity contribution is 5.94. The van der Waals surface area contributed by atoms with Crippen LogP contribution >= 0.6 is 0 Å². The van der Waals surface area contributed by atoms with Gasteiger partial charge in [-0.25, -0.2) is 0 Å². The lowest BCUT2D eigenvalue weighted by Gasteiger charge is -2.11. The van der Waals surface area contributed by atoms with Gasteiger partial charge in [-0.05, 0) is 18.2 Å². The second-order valence-corrected chi connectivity index (χ2v) is 3.21. The van der Waals surface area contributed by atoms with Crippen LogP contribution in [0.4, 0.5) is 0 Å². The summed E-state index contributed by atoms with van der Waals surface area (Å²) in [4.78, 5) is 4.28. The van der Waals surface area contributed by atoms with Crippen LogP contribution in [0.1, 0.15) is 0 Å². The van der Waals surface area contributed by atoms with Gasteiger partial charge in [0.2, 0.25) is 0 Å². The Morgan fingerprint density at radius 1 is 0.812 bits per heavy atom. The molecule has 84 valence electrons. The molecule has 0 saturated heterocycles. The second-order valence-electron chi connectivity index (χ2n) is 3.21. The molecular formula is C12H13NO3. The minimum Gasteiger partial charge on any atom is -0.496 e. The smallest absolute Gasteiger partial charge is 0.145 e. The first kappa shape index (κ1) is 10.5. The van der Waals surface area contributed by atoms with E-state index in [0.29, 0.717) is 5.75 Å². The predicted octanol–water partition coefficient (Wildman–Crippen LogP) is 2.26. The number of hydrogen-bond acceptors (Lipinski definition) is 4. The summed E-state index contributed by atoms with van der Waals surface area (Å²) in [7, 11) is 4.85. The molecule has 0 aliphatic rings. The van der Waals surface area contributed by atoms with Crippen molar-refractivity contribution in [3.63, 3.8) is 0 Å². The molecule has 1 aromatic carbocycles. The number of ether oxygens (including phenoxy) is 3. The molecule has 0 N–H and O–H groups in total. The molecule has 0 unspecified atom stereocenters. The molecule has 1 aromatic heterocycles. The standard InChI is InChI=1S/C12H13NO3/c1-14-8-4-5-10(16-3)12-11(8)9(15-2)6-7-13-12/h4-7H,1-3H3. The zero-order chi connectivity index (χ0) is 11.5. The van der Waals surface area contributed by atoms with Gasteiger partial charge in [0.15, 0.2) is 0 Å². The van der Waals surface area contributed by atoms with Crippen molar-refractivity contribution in [2.75, 3.05) is 21.3 Å². The van der Waals surface area contributed by atoms with E-state index in [9.17, 15) is 0 Å². The lowest BCUT2D eigenvalue weighted by atomic mass is 10.1. The van der Waals surface area contributed by atoms with Crippen molar-refractivity contribution in [2.45, 2.75) is 0 Å². The Balaban J connectivity index is 2.84. The van der Waals surface area contributed by atoms with E-state index >= 15 is 0 Å². The van der Waals surface area contributed by atoms with E-state index in [4.69, 9.17) is 14.2 Å². The van der Waals surface area contributed by atoms with Crippen LogP contribution in [0.2, 0.25) is 0 Å². The zero-order valence-corrected chi connectivity index (χ0v) is 9.48. The van der Waals surface area contributed by atoms with Crippen LogP contribution < -0.4 is 14.2 Å². The molecule has 2 aromatic rings. The molecule has 0 amide bonds. The zero-order valence-electron chi connectivity index (χ0n) is 9.48. The monoisotopic (exact) mass is 219 g/mol. The Morgan fingerprint density at radius 3 is 2.00 bits per heavy atom. The minimum atomic E-state index is 0.703. The summed E-state index contributed by atoms with van der Waals surface area (Å²) in [6.07, 6.45) is 1.68. The van der Waals surface area contributed by atoms with Crippen LogP contribution in [0.15, 0.2) is 24.4 Å². The highest BCUT2D eigenvalue weighted by Gasteiger charge is 2.12. The lowest BCUT2D eigenvalue weighted by molar-refractivity contribution is 0.399. The summed E-state index contributed by atoms with van der Waals surface area (Å²) in [5, 5.41) is 0.826. The van der Waals surface area contributed by atoms with Crippen LogP contribution in [-0.4, -0.2) is 26.3 Å². The van der Waals surface area contributed by atoms with E-state index in [1.807, 2.05) is 12.1 Å². The Kier molecular flexibility index (Phi) is 2.81. The maximum atomic E-state index is 5.29. The van der Waals surface area contributed by atoms with Crippen LogP contribution in [0.3, 0.4) is 0 Å². The highest BCUT2D eigenvalue weighted by atomic mass is 16.5. The summed E-state index contributed by atoms with van der Waals surface area (Å²) in [5.74, 6) is 2.15. The van der Waals surface area contributed by atoms with E-state index in [0.717, 1.165) is 22.4 Å². The van der Waals surface area contributed by atoms with Gasteiger partial charge in [-0.3, -0.25) is 4.98 Å². The van der Waals surface area contributed by atoms with Gasteiger partial charge in [0, 0.05) is 6.20 Å². The van der Waals surface area contributed by atoms with Crippen LogP contribution in [0.25, 0.3) is 10.9 Å². The average molecular weight is 219 g/mol. The Bertz CT molecular complexity index is 501. The topological polar surface area (TPSA) is 40.6 Å². The largest absolute Gasteiger partial charge is 0.496 e. The molecular weight excluding hydrogens is 206 g/mol. The Labute approximate surface area is 93.8 Å². The molecule has 4 nitrogen and oxygen atoms in total. The molecule has 0 radical (unpaired) electrons. The molecule has 1 heterocycles. The molecule has 0 atom stereocenters. The number of methoxy groups -OCH3 is 3. The summed E-state index contributed by atoms with van der Waals surface area (Å²) < 4.78 is 15.8. The summed E-state index contributed by atoms with van der Waals surface area (Å²) in [5.41, 5.74) is 0.737. The van der Waals surface area contributed by atoms with Gasteiger partial charge in [-0.15, -0.1) is 0 Å². The van der Waals surface area contributed by atoms with Gasteiger partial charge in [-0.2, -0.15) is 0 Å². The third-order valence-electron chi connectivity index (χ3n) is 2.44. The second kappa shape index (κ2) is 4.26. The first-order valence-corrected chi connectivity index (χ1v) is 4.85. The van der Waals surface area contributed by atoms with Crippen molar-refractivity contribution in [2.24, 2.45) is 0 Å². The SMILES string of the molecule is COc1ccc(OC)c2c(OC)ccnc12. The van der Waals surface area contributed by atoms with Gasteiger partial charge in [-0.1, -0.05) is 0 Å². The maximum absolute atomic E-state index is 5.29. The number of benzene rings is 1. The quantitative estimate of drug-likeness (QED) is 0.794. The molecule has 0 bridgehead atoms. The third kappa shape index (κ3) is 1.52. The van der Waals surface area contributed by atoms with Gasteiger partial charge in [0.05, 0.1) is 26.7 Å². The number of rotatable bonds is 3. The Morgan fingerprint density at radius 2 is 1.38 bits per heavy atom. The predicted molar refractivity (Wildman–Crippen MR) is 61.4 cm³/mol. The normalized spacial score (nSPS) is 10.2. The fourth-order valence-electron chi connectivity index (χ4n) is 1.69. The summed E-state index contributed by atoms with van der Waals surface area (Å²) in [6, 6.07) is 5.46. The molecule has 0 saturated carbocycles. The van der Waals surface area contributed by atoms with Crippen molar-refractivity contribution >= 4 is 10.9 Å². The molecule has 4 heteroatoms. The fraction of sp³-hybridized carbons (Fsp3) is 0.250. The van der Waals surface area contributed by atoms with Crippen molar-refractivity contribution in [3.05, 3.63) is 24.4 Å². The Hall–Kier alpha value is -1.97. The van der Waals surface area contributed by atoms with E-state index in [1.54, 1.807) is 33.6 Å². The van der Waals surface area contributed by atoms with Crippen LogP contribution in [-0.2, 0) is 0 Å². The lowest BCUT2D eigenvalue weighted by Crippen LogP contribution is -1.94. The minimum absolute atomic E-state index is 0.703. The summed E-state index contributed by atoms with van der Waals surface area (Å²) >= 11 is 0. The average Bonchev–Trinajstić information content (AvgIpc) is 2.36. The first-order chi connectivity index (χ1) is 7.81. The molecule has 0 spiro atoms. The fourth-order valence-corrected chi connectivity index (χ4v) is 1.69. The van der Waals surface area contributed by atoms with Crippen LogP contribution in [0, 0.1) is 0 Å². The van der Waals surface area contributed by atoms with Gasteiger partial charge < -0.3 is 14.2 Å². The molecule has 0 aliphatic carbocycles. The number of nitrogens with zero attached hydrogens (tertiary/aromatic N) is 1. The van der Waals surface area contributed by atoms with Gasteiger partial charge >= 0.3 is 0 Å². The van der Waals surface area contributed by atoms with Crippen molar-refractivity contribution in [3.8, 4) is 17.2 Å².